The van der Waals surface area contributed by atoms with E-state index in [1.165, 1.54) is 0 Å². The molecule has 0 bridgehead atoms. The van der Waals surface area contributed by atoms with Crippen molar-refractivity contribution in [1.29, 1.82) is 0 Å². The molecule has 0 fully saturated rings. The van der Waals surface area contributed by atoms with Crippen molar-refractivity contribution in [3.63, 3.8) is 0 Å². The number of benzene rings is 1. The lowest BCUT2D eigenvalue weighted by atomic mass is 10.1. The molecule has 1 N–H and O–H groups in total. The predicted octanol–water partition coefficient (Wildman–Crippen LogP) is 2.75. The van der Waals surface area contributed by atoms with Gasteiger partial charge in [-0.25, -0.2) is 0 Å². The van der Waals surface area contributed by atoms with Crippen LogP contribution in [0.5, 0.6) is 5.75 Å². The number of nitrogens with zero attached hydrogens (tertiary/aromatic N) is 6. The molecule has 0 radical (unpaired) electrons. The molecule has 2 heterocycles. The van der Waals surface area contributed by atoms with Crippen molar-refractivity contribution in [3.8, 4) is 11.4 Å². The van der Waals surface area contributed by atoms with E-state index < -0.39 is 0 Å². The molecule has 1 aromatic carbocycles. The van der Waals surface area contributed by atoms with Gasteiger partial charge < -0.3 is 10.1 Å². The molecule has 0 unspecified atom stereocenters. The minimum atomic E-state index is -0.211. The highest BCUT2D eigenvalue weighted by Gasteiger charge is 2.23. The van der Waals surface area contributed by atoms with Crippen molar-refractivity contribution in [2.45, 2.75) is 46.6 Å². The molecule has 28 heavy (non-hydrogen) atoms. The maximum absolute atomic E-state index is 12.9. The molecule has 9 nitrogen and oxygen atoms in total. The zero-order chi connectivity index (χ0) is 20.5. The van der Waals surface area contributed by atoms with E-state index in [2.05, 4.69) is 46.7 Å². The van der Waals surface area contributed by atoms with Crippen LogP contribution >= 0.6 is 0 Å². The van der Waals surface area contributed by atoms with Gasteiger partial charge in [0.1, 0.15) is 11.4 Å². The number of carbonyl (C=O) groups excluding carboxylic acids is 1. The molecule has 0 aliphatic rings. The van der Waals surface area contributed by atoms with Crippen molar-refractivity contribution in [2.75, 3.05) is 12.4 Å². The van der Waals surface area contributed by atoms with E-state index in [4.69, 9.17) is 4.74 Å². The number of methoxy groups -OCH3 is 1. The number of hydrogen-bond donors (Lipinski definition) is 1. The Morgan fingerprint density at radius 1 is 1.29 bits per heavy atom. The summed E-state index contributed by atoms with van der Waals surface area (Å²) in [7, 11) is 1.57. The van der Waals surface area contributed by atoms with Crippen LogP contribution in [0.2, 0.25) is 0 Å². The second-order valence-corrected chi connectivity index (χ2v) is 7.42. The average Bonchev–Trinajstić information content (AvgIpc) is 3.27. The van der Waals surface area contributed by atoms with Crippen LogP contribution in [0.3, 0.4) is 0 Å². The first-order chi connectivity index (χ1) is 13.3. The Kier molecular flexibility index (Phi) is 5.17. The Balaban J connectivity index is 1.94. The van der Waals surface area contributed by atoms with Gasteiger partial charge >= 0.3 is 0 Å². The Labute approximate surface area is 163 Å². The third-order valence-electron chi connectivity index (χ3n) is 4.37. The van der Waals surface area contributed by atoms with Crippen LogP contribution in [0.15, 0.2) is 24.4 Å². The van der Waals surface area contributed by atoms with E-state index in [0.717, 1.165) is 5.69 Å². The lowest BCUT2D eigenvalue weighted by Crippen LogP contribution is -2.26. The van der Waals surface area contributed by atoms with Crippen molar-refractivity contribution in [1.82, 2.24) is 30.0 Å². The molecule has 0 aliphatic heterocycles. The topological polar surface area (TPSA) is 99.8 Å². The molecule has 2 aromatic heterocycles. The zero-order valence-corrected chi connectivity index (χ0v) is 17.0. The maximum Gasteiger partial charge on any atom is 0.259 e. The molecule has 1 amide bonds. The highest BCUT2D eigenvalue weighted by molar-refractivity contribution is 6.05. The maximum atomic E-state index is 12.9. The highest BCUT2D eigenvalue weighted by atomic mass is 16.5. The van der Waals surface area contributed by atoms with Crippen molar-refractivity contribution >= 4 is 11.6 Å². The molecule has 9 heteroatoms. The predicted molar refractivity (Wildman–Crippen MR) is 105 cm³/mol. The van der Waals surface area contributed by atoms with Crippen molar-refractivity contribution in [3.05, 3.63) is 41.5 Å². The molecular formula is C19H25N7O2. The van der Waals surface area contributed by atoms with Crippen LogP contribution in [0.25, 0.3) is 5.69 Å². The number of ether oxygens (including phenoxy) is 1. The number of anilines is 1. The lowest BCUT2D eigenvalue weighted by Gasteiger charge is -2.22. The zero-order valence-electron chi connectivity index (χ0n) is 17.0. The fourth-order valence-electron chi connectivity index (χ4n) is 3.07. The number of hydrogen-bond acceptors (Lipinski definition) is 6. The summed E-state index contributed by atoms with van der Waals surface area (Å²) in [4.78, 5) is 12.9. The Morgan fingerprint density at radius 2 is 2.04 bits per heavy atom. The Hall–Kier alpha value is -3.23. The number of carbonyl (C=O) groups is 1. The number of aryl methyl sites for hydroxylation is 1. The third kappa shape index (κ3) is 3.60. The summed E-state index contributed by atoms with van der Waals surface area (Å²) < 4.78 is 8.86. The molecule has 148 valence electrons. The number of tetrazole rings is 1. The van der Waals surface area contributed by atoms with E-state index in [0.29, 0.717) is 34.9 Å². The van der Waals surface area contributed by atoms with E-state index in [-0.39, 0.29) is 11.4 Å². The molecule has 0 atom stereocenters. The second-order valence-electron chi connectivity index (χ2n) is 7.42. The van der Waals surface area contributed by atoms with Gasteiger partial charge in [-0.05, 0) is 62.7 Å². The summed E-state index contributed by atoms with van der Waals surface area (Å²) in [6, 6.07) is 5.32. The smallest absolute Gasteiger partial charge is 0.259 e. The van der Waals surface area contributed by atoms with Crippen molar-refractivity contribution in [2.24, 2.45) is 0 Å². The average molecular weight is 383 g/mol. The van der Waals surface area contributed by atoms with Crippen LogP contribution < -0.4 is 10.1 Å². The van der Waals surface area contributed by atoms with Crippen LogP contribution in [0.4, 0.5) is 5.69 Å². The largest absolute Gasteiger partial charge is 0.494 e. The summed E-state index contributed by atoms with van der Waals surface area (Å²) in [6.45, 7) is 9.99. The monoisotopic (exact) mass is 383 g/mol. The van der Waals surface area contributed by atoms with Crippen LogP contribution in [0, 0.1) is 6.92 Å². The Bertz CT molecular complexity index is 998. The lowest BCUT2D eigenvalue weighted by molar-refractivity contribution is 0.102. The van der Waals surface area contributed by atoms with E-state index in [9.17, 15) is 4.79 Å². The van der Waals surface area contributed by atoms with Gasteiger partial charge in [0.15, 0.2) is 5.82 Å². The van der Waals surface area contributed by atoms with Crippen molar-refractivity contribution < 1.29 is 9.53 Å². The van der Waals surface area contributed by atoms with Crippen LogP contribution in [-0.2, 0) is 12.0 Å². The minimum absolute atomic E-state index is 0.200. The van der Waals surface area contributed by atoms with E-state index >= 15 is 0 Å². The normalized spacial score (nSPS) is 11.5. The van der Waals surface area contributed by atoms with Crippen LogP contribution in [0.1, 0.15) is 49.6 Å². The van der Waals surface area contributed by atoms with E-state index in [1.54, 1.807) is 43.1 Å². The highest BCUT2D eigenvalue weighted by Crippen LogP contribution is 2.27. The number of amides is 1. The van der Waals surface area contributed by atoms with Gasteiger partial charge in [-0.3, -0.25) is 9.48 Å². The van der Waals surface area contributed by atoms with Gasteiger partial charge in [0, 0.05) is 5.69 Å². The molecule has 3 aromatic rings. The van der Waals surface area contributed by atoms with Gasteiger partial charge in [0.2, 0.25) is 0 Å². The number of aromatic nitrogens is 6. The van der Waals surface area contributed by atoms with Gasteiger partial charge in [0.25, 0.3) is 5.91 Å². The fourth-order valence-corrected chi connectivity index (χ4v) is 3.07. The first-order valence-corrected chi connectivity index (χ1v) is 9.08. The molecule has 0 saturated heterocycles. The number of nitrogens with one attached hydrogen (secondary N) is 1. The first kappa shape index (κ1) is 19.5. The summed E-state index contributed by atoms with van der Waals surface area (Å²) in [5.41, 5.74) is 2.52. The molecule has 0 aliphatic carbocycles. The third-order valence-corrected chi connectivity index (χ3v) is 4.37. The minimum Gasteiger partial charge on any atom is -0.494 e. The molecule has 0 saturated carbocycles. The standard InChI is InChI=1S/C19H25N7O2/c1-7-15-14(11-20-26(15)19(3,4)5)18(27)21-13-8-9-17(28-6)16(10-13)25-12(2)22-23-24-25/h8-11H,7H2,1-6H3,(H,21,27). The summed E-state index contributed by atoms with van der Waals surface area (Å²) in [6.07, 6.45) is 2.33. The van der Waals surface area contributed by atoms with Gasteiger partial charge in [0.05, 0.1) is 30.1 Å². The molecule has 0 spiro atoms. The van der Waals surface area contributed by atoms with Gasteiger partial charge in [-0.1, -0.05) is 6.92 Å². The molecule has 3 rings (SSSR count). The second kappa shape index (κ2) is 7.41. The quantitative estimate of drug-likeness (QED) is 0.727. The fraction of sp³-hybridized carbons (Fsp3) is 0.421. The molecular weight excluding hydrogens is 358 g/mol. The summed E-state index contributed by atoms with van der Waals surface area (Å²) >= 11 is 0. The van der Waals surface area contributed by atoms with Gasteiger partial charge in [-0.2, -0.15) is 9.78 Å². The first-order valence-electron chi connectivity index (χ1n) is 9.08. The van der Waals surface area contributed by atoms with Crippen LogP contribution in [-0.4, -0.2) is 43.0 Å². The summed E-state index contributed by atoms with van der Waals surface area (Å²) in [5.74, 6) is 1.00. The van der Waals surface area contributed by atoms with Gasteiger partial charge in [-0.15, -0.1) is 5.10 Å². The summed E-state index contributed by atoms with van der Waals surface area (Å²) in [5, 5.41) is 18.9. The SMILES string of the molecule is CCc1c(C(=O)Nc2ccc(OC)c(-n3nnnc3C)c2)cnn1C(C)(C)C. The number of rotatable bonds is 5. The van der Waals surface area contributed by atoms with E-state index in [1.807, 2.05) is 11.6 Å². The Morgan fingerprint density at radius 3 is 2.61 bits per heavy atom.